The van der Waals surface area contributed by atoms with Gasteiger partial charge in [-0.05, 0) is 50.1 Å². The Labute approximate surface area is 198 Å². The van der Waals surface area contributed by atoms with Gasteiger partial charge >= 0.3 is 6.18 Å². The van der Waals surface area contributed by atoms with Crippen LogP contribution < -0.4 is 0 Å². The van der Waals surface area contributed by atoms with Gasteiger partial charge in [-0.15, -0.1) is 0 Å². The highest BCUT2D eigenvalue weighted by atomic mass is 19.4. The minimum Gasteiger partial charge on any atom is -0.330 e. The van der Waals surface area contributed by atoms with Crippen LogP contribution in [0.4, 0.5) is 13.2 Å². The molecule has 0 bridgehead atoms. The molecule has 12 heteroatoms. The summed E-state index contributed by atoms with van der Waals surface area (Å²) >= 11 is 0. The molecule has 0 saturated carbocycles. The van der Waals surface area contributed by atoms with Gasteiger partial charge in [0.25, 0.3) is 5.91 Å². The molecule has 0 spiro atoms. The molecule has 0 N–H and O–H groups in total. The standard InChI is InChI=1S/C23H23F3N8O/c1-13-9-15(11-16(10-13)34-27-6-7-28-34)22(35)33-8-5-17-20(14(33)2)30-32(4)21(17)18-12-19(23(24,25)26)31(3)29-18/h6-7,9-12,14H,5,8H2,1-4H3/t14-/m0/s1. The number of alkyl halides is 3. The molecule has 0 unspecified atom stereocenters. The van der Waals surface area contributed by atoms with Crippen LogP contribution in [0.2, 0.25) is 0 Å². The number of halogens is 3. The van der Waals surface area contributed by atoms with Crippen molar-refractivity contribution in [2.75, 3.05) is 6.54 Å². The van der Waals surface area contributed by atoms with Gasteiger partial charge in [-0.25, -0.2) is 0 Å². The zero-order chi connectivity index (χ0) is 25.1. The molecule has 0 radical (unpaired) electrons. The first-order valence-electron chi connectivity index (χ1n) is 11.0. The summed E-state index contributed by atoms with van der Waals surface area (Å²) in [7, 11) is 2.95. The molecule has 1 aromatic carbocycles. The summed E-state index contributed by atoms with van der Waals surface area (Å²) < 4.78 is 42.3. The van der Waals surface area contributed by atoms with Crippen molar-refractivity contribution in [1.29, 1.82) is 0 Å². The Hall–Kier alpha value is -3.96. The Morgan fingerprint density at radius 2 is 1.74 bits per heavy atom. The molecule has 1 aliphatic rings. The first-order chi connectivity index (χ1) is 16.5. The van der Waals surface area contributed by atoms with Crippen molar-refractivity contribution in [2.24, 2.45) is 14.1 Å². The monoisotopic (exact) mass is 484 g/mol. The van der Waals surface area contributed by atoms with Gasteiger partial charge in [0.2, 0.25) is 0 Å². The molecule has 0 aliphatic carbocycles. The lowest BCUT2D eigenvalue weighted by Gasteiger charge is -2.33. The summed E-state index contributed by atoms with van der Waals surface area (Å²) in [6.07, 6.45) is -0.925. The van der Waals surface area contributed by atoms with E-state index in [2.05, 4.69) is 20.4 Å². The van der Waals surface area contributed by atoms with Crippen LogP contribution in [0, 0.1) is 6.92 Å². The average molecular weight is 484 g/mol. The van der Waals surface area contributed by atoms with Gasteiger partial charge in [0.15, 0.2) is 0 Å². The number of nitrogens with zero attached hydrogens (tertiary/aromatic N) is 8. The van der Waals surface area contributed by atoms with Crippen molar-refractivity contribution in [2.45, 2.75) is 32.5 Å². The fourth-order valence-corrected chi connectivity index (χ4v) is 4.71. The van der Waals surface area contributed by atoms with E-state index in [0.717, 1.165) is 21.9 Å². The summed E-state index contributed by atoms with van der Waals surface area (Å²) in [5, 5.41) is 17.0. The molecule has 1 aliphatic heterocycles. The van der Waals surface area contributed by atoms with E-state index in [1.165, 1.54) is 11.8 Å². The van der Waals surface area contributed by atoms with Gasteiger partial charge in [0.1, 0.15) is 11.4 Å². The minimum atomic E-state index is -4.51. The molecule has 0 saturated heterocycles. The summed E-state index contributed by atoms with van der Waals surface area (Å²) in [6, 6.07) is 6.12. The molecule has 1 amide bonds. The first-order valence-corrected chi connectivity index (χ1v) is 11.0. The highest BCUT2D eigenvalue weighted by Crippen LogP contribution is 2.38. The maximum absolute atomic E-state index is 13.5. The maximum atomic E-state index is 13.5. The highest BCUT2D eigenvalue weighted by molar-refractivity contribution is 5.95. The minimum absolute atomic E-state index is 0.162. The largest absolute Gasteiger partial charge is 0.433 e. The molecular weight excluding hydrogens is 461 g/mol. The number of benzene rings is 1. The zero-order valence-electron chi connectivity index (χ0n) is 19.6. The summed E-state index contributed by atoms with van der Waals surface area (Å²) in [5.41, 5.74) is 3.45. The van der Waals surface area contributed by atoms with Crippen LogP contribution in [0.5, 0.6) is 0 Å². The van der Waals surface area contributed by atoms with Crippen molar-refractivity contribution < 1.29 is 18.0 Å². The second-order valence-corrected chi connectivity index (χ2v) is 8.67. The number of rotatable bonds is 3. The Balaban J connectivity index is 1.48. The zero-order valence-corrected chi connectivity index (χ0v) is 19.6. The van der Waals surface area contributed by atoms with Crippen molar-refractivity contribution in [3.05, 3.63) is 64.7 Å². The number of hydrogen-bond donors (Lipinski definition) is 0. The third-order valence-corrected chi connectivity index (χ3v) is 6.27. The van der Waals surface area contributed by atoms with E-state index in [0.29, 0.717) is 35.6 Å². The van der Waals surface area contributed by atoms with E-state index in [1.807, 2.05) is 26.0 Å². The second kappa shape index (κ2) is 8.07. The number of fused-ring (bicyclic) bond motifs is 1. The predicted molar refractivity (Wildman–Crippen MR) is 120 cm³/mol. The third-order valence-electron chi connectivity index (χ3n) is 6.27. The summed E-state index contributed by atoms with van der Waals surface area (Å²) in [4.78, 5) is 16.7. The Kier molecular flexibility index (Phi) is 5.26. The van der Waals surface area contributed by atoms with Crippen molar-refractivity contribution in [3.63, 3.8) is 0 Å². The molecule has 1 atom stereocenters. The van der Waals surface area contributed by atoms with Crippen LogP contribution >= 0.6 is 0 Å². The number of carbonyl (C=O) groups excluding carboxylic acids is 1. The molecule has 9 nitrogen and oxygen atoms in total. The molecule has 3 aromatic heterocycles. The van der Waals surface area contributed by atoms with Crippen molar-refractivity contribution in [3.8, 4) is 17.1 Å². The van der Waals surface area contributed by atoms with Crippen LogP contribution in [-0.2, 0) is 26.7 Å². The van der Waals surface area contributed by atoms with Gasteiger partial charge in [0.05, 0.1) is 35.5 Å². The van der Waals surface area contributed by atoms with Gasteiger partial charge < -0.3 is 4.90 Å². The Bertz CT molecular complexity index is 1420. The fraction of sp³-hybridized carbons (Fsp3) is 0.348. The molecule has 182 valence electrons. The van der Waals surface area contributed by atoms with E-state index in [1.54, 1.807) is 35.1 Å². The van der Waals surface area contributed by atoms with E-state index in [9.17, 15) is 18.0 Å². The van der Waals surface area contributed by atoms with Gasteiger partial charge in [-0.1, -0.05) is 0 Å². The van der Waals surface area contributed by atoms with Crippen LogP contribution in [0.3, 0.4) is 0 Å². The number of carbonyl (C=O) groups is 1. The lowest BCUT2D eigenvalue weighted by molar-refractivity contribution is -0.143. The van der Waals surface area contributed by atoms with E-state index >= 15 is 0 Å². The molecular formula is C23H23F3N8O. The first kappa shape index (κ1) is 22.8. The maximum Gasteiger partial charge on any atom is 0.433 e. The van der Waals surface area contributed by atoms with Crippen molar-refractivity contribution in [1.82, 2.24) is 39.5 Å². The molecule has 5 rings (SSSR count). The van der Waals surface area contributed by atoms with E-state index in [4.69, 9.17) is 0 Å². The predicted octanol–water partition coefficient (Wildman–Crippen LogP) is 3.49. The summed E-state index contributed by atoms with van der Waals surface area (Å²) in [5.74, 6) is -0.162. The van der Waals surface area contributed by atoms with Gasteiger partial charge in [0, 0.05) is 31.8 Å². The second-order valence-electron chi connectivity index (χ2n) is 8.67. The number of hydrogen-bond acceptors (Lipinski definition) is 5. The highest BCUT2D eigenvalue weighted by Gasteiger charge is 2.37. The average Bonchev–Trinajstić information content (AvgIpc) is 3.51. The van der Waals surface area contributed by atoms with Gasteiger partial charge in [-0.3, -0.25) is 14.2 Å². The number of aromatic nitrogens is 7. The molecule has 4 heterocycles. The summed E-state index contributed by atoms with van der Waals surface area (Å²) in [6.45, 7) is 4.17. The lowest BCUT2D eigenvalue weighted by Crippen LogP contribution is -2.39. The lowest BCUT2D eigenvalue weighted by atomic mass is 9.96. The number of amides is 1. The van der Waals surface area contributed by atoms with Crippen LogP contribution in [0.1, 0.15) is 45.8 Å². The van der Waals surface area contributed by atoms with Crippen LogP contribution in [-0.4, -0.2) is 51.9 Å². The Morgan fingerprint density at radius 1 is 1.03 bits per heavy atom. The third kappa shape index (κ3) is 3.88. The smallest absolute Gasteiger partial charge is 0.330 e. The topological polar surface area (TPSA) is 86.7 Å². The van der Waals surface area contributed by atoms with E-state index < -0.39 is 11.9 Å². The van der Waals surface area contributed by atoms with Gasteiger partial charge in [-0.2, -0.15) is 38.4 Å². The molecule has 35 heavy (non-hydrogen) atoms. The Morgan fingerprint density at radius 3 is 2.40 bits per heavy atom. The van der Waals surface area contributed by atoms with Crippen LogP contribution in [0.15, 0.2) is 36.7 Å². The quantitative estimate of drug-likeness (QED) is 0.444. The van der Waals surface area contributed by atoms with Crippen molar-refractivity contribution >= 4 is 5.91 Å². The fourth-order valence-electron chi connectivity index (χ4n) is 4.71. The van der Waals surface area contributed by atoms with Crippen LogP contribution in [0.25, 0.3) is 17.1 Å². The normalized spacial score (nSPS) is 16.0. The number of aryl methyl sites for hydroxylation is 3. The SMILES string of the molecule is Cc1cc(C(=O)N2CCc3c(nn(C)c3-c3cc(C(F)(F)F)n(C)n3)[C@@H]2C)cc(-n2nccn2)c1. The van der Waals surface area contributed by atoms with E-state index in [-0.39, 0.29) is 17.6 Å². The molecule has 4 aromatic rings. The molecule has 0 fully saturated rings.